The van der Waals surface area contributed by atoms with E-state index in [1.807, 2.05) is 6.92 Å². The molecule has 1 saturated carbocycles. The van der Waals surface area contributed by atoms with E-state index in [1.54, 1.807) is 12.1 Å². The molecule has 3 fully saturated rings. The first-order chi connectivity index (χ1) is 17.2. The molecule has 2 heterocycles. The summed E-state index contributed by atoms with van der Waals surface area (Å²) in [7, 11) is 0. The Morgan fingerprint density at radius 2 is 2.06 bits per heavy atom. The quantitative estimate of drug-likeness (QED) is 0.500. The van der Waals surface area contributed by atoms with Crippen molar-refractivity contribution in [3.05, 3.63) is 28.2 Å². The van der Waals surface area contributed by atoms with Crippen LogP contribution in [0.3, 0.4) is 0 Å². The average molecular weight is 542 g/mol. The number of halogens is 3. The Hall–Kier alpha value is -2.39. The van der Waals surface area contributed by atoms with Crippen molar-refractivity contribution in [2.45, 2.75) is 44.7 Å². The Bertz CT molecular complexity index is 1040. The molecule has 0 spiro atoms. The number of fused-ring (bicyclic) bond motifs is 1. The number of benzene rings is 1. The lowest BCUT2D eigenvalue weighted by Gasteiger charge is -2.29. The fraction of sp³-hybridized carbons (Fsp3) is 0.600. The van der Waals surface area contributed by atoms with Crippen molar-refractivity contribution in [3.8, 4) is 5.75 Å². The fourth-order valence-corrected chi connectivity index (χ4v) is 6.18. The van der Waals surface area contributed by atoms with Crippen LogP contribution in [0, 0.1) is 23.7 Å². The van der Waals surface area contributed by atoms with Crippen LogP contribution in [-0.4, -0.2) is 66.9 Å². The van der Waals surface area contributed by atoms with Crippen molar-refractivity contribution in [1.82, 2.24) is 15.5 Å². The maximum Gasteiger partial charge on any atom is 0.261 e. The first-order valence-corrected chi connectivity index (χ1v) is 13.0. The number of rotatable bonds is 9. The van der Waals surface area contributed by atoms with Gasteiger partial charge in [0.05, 0.1) is 11.1 Å². The number of carbonyl (C=O) groups is 4. The number of hydrogen-bond acceptors (Lipinski definition) is 5. The molecular weight excluding hydrogens is 512 g/mol. The summed E-state index contributed by atoms with van der Waals surface area (Å²) in [6, 6.07) is 2.73. The smallest absolute Gasteiger partial charge is 0.261 e. The monoisotopic (exact) mass is 541 g/mol. The molecule has 6 atom stereocenters. The molecule has 1 aromatic carbocycles. The first-order valence-electron chi connectivity index (χ1n) is 12.2. The zero-order valence-corrected chi connectivity index (χ0v) is 21.5. The minimum atomic E-state index is -1.25. The summed E-state index contributed by atoms with van der Waals surface area (Å²) in [4.78, 5) is 52.7. The van der Waals surface area contributed by atoms with Gasteiger partial charge < -0.3 is 20.3 Å². The van der Waals surface area contributed by atoms with E-state index in [0.717, 1.165) is 19.3 Å². The summed E-state index contributed by atoms with van der Waals surface area (Å²) in [5.74, 6) is -1.99. The van der Waals surface area contributed by atoms with Crippen LogP contribution < -0.4 is 15.4 Å². The van der Waals surface area contributed by atoms with Gasteiger partial charge in [0, 0.05) is 24.0 Å². The van der Waals surface area contributed by atoms with Crippen LogP contribution in [-0.2, 0) is 19.2 Å². The van der Waals surface area contributed by atoms with Crippen LogP contribution in [0.15, 0.2) is 18.2 Å². The number of amides is 3. The van der Waals surface area contributed by atoms with Gasteiger partial charge in [-0.25, -0.2) is 4.39 Å². The van der Waals surface area contributed by atoms with Gasteiger partial charge in [-0.3, -0.25) is 19.2 Å². The van der Waals surface area contributed by atoms with Crippen molar-refractivity contribution in [3.63, 3.8) is 0 Å². The van der Waals surface area contributed by atoms with Crippen LogP contribution in [0.2, 0.25) is 10.0 Å². The van der Waals surface area contributed by atoms with Crippen LogP contribution in [0.4, 0.5) is 4.39 Å². The normalized spacial score (nSPS) is 27.9. The Kier molecular flexibility index (Phi) is 8.40. The van der Waals surface area contributed by atoms with E-state index in [2.05, 4.69) is 10.6 Å². The third-order valence-electron chi connectivity index (χ3n) is 7.67. The highest BCUT2D eigenvalue weighted by Gasteiger charge is 2.50. The van der Waals surface area contributed by atoms with Crippen LogP contribution >= 0.6 is 23.2 Å². The van der Waals surface area contributed by atoms with Gasteiger partial charge >= 0.3 is 0 Å². The second-order valence-corrected chi connectivity index (χ2v) is 10.8. The highest BCUT2D eigenvalue weighted by molar-refractivity contribution is 6.35. The molecule has 0 radical (unpaired) electrons. The maximum atomic E-state index is 13.5. The average Bonchev–Trinajstić information content (AvgIpc) is 3.53. The van der Waals surface area contributed by atoms with E-state index in [4.69, 9.17) is 27.9 Å². The van der Waals surface area contributed by atoms with E-state index < -0.39 is 36.4 Å². The zero-order valence-electron chi connectivity index (χ0n) is 20.0. The predicted octanol–water partition coefficient (Wildman–Crippen LogP) is 2.79. The molecule has 0 bridgehead atoms. The summed E-state index contributed by atoms with van der Waals surface area (Å²) in [5, 5.41) is 6.12. The van der Waals surface area contributed by atoms with Gasteiger partial charge in [0.2, 0.25) is 11.8 Å². The van der Waals surface area contributed by atoms with E-state index in [0.29, 0.717) is 23.9 Å². The fourth-order valence-electron chi connectivity index (χ4n) is 5.72. The molecule has 1 aromatic rings. The highest BCUT2D eigenvalue weighted by atomic mass is 35.5. The molecule has 3 amide bonds. The number of hydrogen-bond donors (Lipinski definition) is 2. The van der Waals surface area contributed by atoms with Crippen molar-refractivity contribution in [1.29, 1.82) is 0 Å². The summed E-state index contributed by atoms with van der Waals surface area (Å²) in [6.45, 7) is 1.18. The minimum Gasteiger partial charge on any atom is -0.482 e. The number of carbonyl (C=O) groups excluding carboxylic acids is 4. The standard InChI is InChI=1S/C25H30Cl2FN3O5/c1-13-10-29-24(34)17(13)8-19(20(32)9-28)30-25(35)23-16-4-2-3-14(16)11-31(23)22(33)12-36-21-6-5-15(26)7-18(21)27/h5-7,13-14,16-17,19,23H,2-4,8-12H2,1H3,(H,29,34)(H,30,35)/t13?,14-,16-,17+,19-,23?/m0/s1. The lowest BCUT2D eigenvalue weighted by Crippen LogP contribution is -2.54. The molecule has 2 N–H and O–H groups in total. The summed E-state index contributed by atoms with van der Waals surface area (Å²) in [6.07, 6.45) is 2.65. The van der Waals surface area contributed by atoms with E-state index >= 15 is 0 Å². The zero-order chi connectivity index (χ0) is 26.0. The van der Waals surface area contributed by atoms with Crippen LogP contribution in [0.25, 0.3) is 0 Å². The Morgan fingerprint density at radius 3 is 2.72 bits per heavy atom. The molecule has 3 aliphatic rings. The van der Waals surface area contributed by atoms with Gasteiger partial charge in [0.25, 0.3) is 5.91 Å². The third kappa shape index (κ3) is 5.62. The van der Waals surface area contributed by atoms with Crippen LogP contribution in [0.5, 0.6) is 5.75 Å². The predicted molar refractivity (Wildman–Crippen MR) is 131 cm³/mol. The largest absolute Gasteiger partial charge is 0.482 e. The molecule has 1 aliphatic carbocycles. The number of ether oxygens (including phenoxy) is 1. The molecule has 0 aromatic heterocycles. The minimum absolute atomic E-state index is 0.0223. The van der Waals surface area contributed by atoms with Crippen molar-refractivity contribution >= 4 is 46.7 Å². The third-order valence-corrected chi connectivity index (χ3v) is 8.20. The van der Waals surface area contributed by atoms with Gasteiger partial charge in [0.15, 0.2) is 12.4 Å². The second-order valence-electron chi connectivity index (χ2n) is 9.93. The topological polar surface area (TPSA) is 105 Å². The molecule has 196 valence electrons. The van der Waals surface area contributed by atoms with Crippen molar-refractivity contribution < 1.29 is 28.3 Å². The van der Waals surface area contributed by atoms with Crippen molar-refractivity contribution in [2.75, 3.05) is 26.4 Å². The number of nitrogens with zero attached hydrogens (tertiary/aromatic N) is 1. The highest BCUT2D eigenvalue weighted by Crippen LogP contribution is 2.42. The van der Waals surface area contributed by atoms with E-state index in [-0.39, 0.29) is 47.6 Å². The van der Waals surface area contributed by atoms with E-state index in [9.17, 15) is 23.6 Å². The lowest BCUT2D eigenvalue weighted by atomic mass is 9.88. The molecule has 4 rings (SSSR count). The molecule has 36 heavy (non-hydrogen) atoms. The number of nitrogens with one attached hydrogen (secondary N) is 2. The number of ketones is 1. The van der Waals surface area contributed by atoms with Gasteiger partial charge in [-0.05, 0) is 55.2 Å². The summed E-state index contributed by atoms with van der Waals surface area (Å²) < 4.78 is 19.0. The molecule has 2 aliphatic heterocycles. The van der Waals surface area contributed by atoms with Gasteiger partial charge in [-0.1, -0.05) is 36.5 Å². The Balaban J connectivity index is 1.47. The van der Waals surface area contributed by atoms with E-state index in [1.165, 1.54) is 11.0 Å². The van der Waals surface area contributed by atoms with Gasteiger partial charge in [0.1, 0.15) is 18.5 Å². The molecule has 8 nitrogen and oxygen atoms in total. The van der Waals surface area contributed by atoms with Crippen LogP contribution in [0.1, 0.15) is 32.6 Å². The first kappa shape index (κ1) is 26.7. The molecular formula is C25H30Cl2FN3O5. The number of alkyl halides is 1. The number of Topliss-reactive ketones (excluding diaryl/α,β-unsaturated/α-hetero) is 1. The SMILES string of the molecule is CC1CNC(=O)[C@@H]1C[C@H](NC(=O)C1[C@H]2CCC[C@H]2CN1C(=O)COc1ccc(Cl)cc1Cl)C(=O)CF. The van der Waals surface area contributed by atoms with Gasteiger partial charge in [-0.2, -0.15) is 0 Å². The second kappa shape index (κ2) is 11.3. The summed E-state index contributed by atoms with van der Waals surface area (Å²) >= 11 is 12.0. The maximum absolute atomic E-state index is 13.5. The van der Waals surface area contributed by atoms with Gasteiger partial charge in [-0.15, -0.1) is 0 Å². The molecule has 2 unspecified atom stereocenters. The number of likely N-dealkylation sites (tertiary alicyclic amines) is 1. The lowest BCUT2D eigenvalue weighted by molar-refractivity contribution is -0.142. The molecule has 11 heteroatoms. The summed E-state index contributed by atoms with van der Waals surface area (Å²) in [5.41, 5.74) is 0. The Morgan fingerprint density at radius 1 is 1.28 bits per heavy atom. The molecule has 2 saturated heterocycles. The Labute approximate surface area is 219 Å². The van der Waals surface area contributed by atoms with Crippen molar-refractivity contribution in [2.24, 2.45) is 23.7 Å².